The molecule has 17 heavy (non-hydrogen) atoms. The Bertz CT molecular complexity index is 371. The van der Waals surface area contributed by atoms with Crippen molar-refractivity contribution in [2.24, 2.45) is 0 Å². The molecule has 1 aromatic heterocycles. The van der Waals surface area contributed by atoms with Gasteiger partial charge in [-0.25, -0.2) is 4.79 Å². The second kappa shape index (κ2) is 6.67. The molecular formula is C11H17N3O3. The van der Waals surface area contributed by atoms with Crippen molar-refractivity contribution in [3.05, 3.63) is 12.4 Å². The van der Waals surface area contributed by atoms with Crippen molar-refractivity contribution in [3.63, 3.8) is 0 Å². The summed E-state index contributed by atoms with van der Waals surface area (Å²) in [4.78, 5) is 18.9. The van der Waals surface area contributed by atoms with E-state index in [-0.39, 0.29) is 0 Å². The van der Waals surface area contributed by atoms with E-state index in [9.17, 15) is 4.79 Å². The summed E-state index contributed by atoms with van der Waals surface area (Å²) < 4.78 is 5.31. The minimum atomic E-state index is -0.908. The van der Waals surface area contributed by atoms with Crippen LogP contribution in [0.3, 0.4) is 0 Å². The molecule has 0 aliphatic rings. The number of aromatic nitrogens is 2. The Balaban J connectivity index is 2.67. The number of carboxylic acid groups (broad SMARTS) is 1. The first kappa shape index (κ1) is 13.2. The molecule has 1 atom stereocenters. The molecule has 0 aromatic carbocycles. The first-order chi connectivity index (χ1) is 8.17. The number of aliphatic carboxylic acids is 1. The maximum absolute atomic E-state index is 10.8. The van der Waals surface area contributed by atoms with E-state index in [4.69, 9.17) is 9.84 Å². The average Bonchev–Trinajstić information content (AvgIpc) is 2.33. The van der Waals surface area contributed by atoms with E-state index < -0.39 is 12.0 Å². The highest BCUT2D eigenvalue weighted by molar-refractivity contribution is 5.76. The third kappa shape index (κ3) is 4.26. The lowest BCUT2D eigenvalue weighted by Crippen LogP contribution is -2.28. The summed E-state index contributed by atoms with van der Waals surface area (Å²) in [7, 11) is 0. The van der Waals surface area contributed by atoms with E-state index in [2.05, 4.69) is 15.3 Å². The van der Waals surface area contributed by atoms with Crippen LogP contribution in [-0.4, -0.2) is 33.7 Å². The van der Waals surface area contributed by atoms with Gasteiger partial charge in [0.1, 0.15) is 11.9 Å². The van der Waals surface area contributed by atoms with Gasteiger partial charge in [0.25, 0.3) is 0 Å². The van der Waals surface area contributed by atoms with Gasteiger partial charge in [0.2, 0.25) is 5.88 Å². The normalized spacial score (nSPS) is 11.9. The number of nitrogens with zero attached hydrogens (tertiary/aromatic N) is 2. The smallest absolute Gasteiger partial charge is 0.326 e. The predicted octanol–water partition coefficient (Wildman–Crippen LogP) is 1.54. The predicted molar refractivity (Wildman–Crippen MR) is 63.2 cm³/mol. The number of carboxylic acids is 1. The SMILES string of the molecule is CCCOc1cncc(NC(CC)C(=O)O)n1. The fourth-order valence-electron chi connectivity index (χ4n) is 1.21. The molecule has 6 heteroatoms. The maximum Gasteiger partial charge on any atom is 0.326 e. The molecule has 1 heterocycles. The van der Waals surface area contributed by atoms with Gasteiger partial charge in [-0.2, -0.15) is 4.98 Å². The number of hydrogen-bond donors (Lipinski definition) is 2. The number of carbonyl (C=O) groups is 1. The van der Waals surface area contributed by atoms with Crippen LogP contribution in [0.1, 0.15) is 26.7 Å². The van der Waals surface area contributed by atoms with Gasteiger partial charge in [-0.05, 0) is 12.8 Å². The van der Waals surface area contributed by atoms with Gasteiger partial charge in [-0.1, -0.05) is 13.8 Å². The number of nitrogens with one attached hydrogen (secondary N) is 1. The summed E-state index contributed by atoms with van der Waals surface area (Å²) in [5.41, 5.74) is 0. The van der Waals surface area contributed by atoms with Gasteiger partial charge in [0.05, 0.1) is 19.0 Å². The molecule has 2 N–H and O–H groups in total. The Morgan fingerprint density at radius 1 is 1.53 bits per heavy atom. The summed E-state index contributed by atoms with van der Waals surface area (Å²) in [5.74, 6) is -0.0980. The van der Waals surface area contributed by atoms with E-state index in [0.29, 0.717) is 24.7 Å². The van der Waals surface area contributed by atoms with Crippen molar-refractivity contribution in [1.82, 2.24) is 9.97 Å². The standard InChI is InChI=1S/C11H17N3O3/c1-3-5-17-10-7-12-6-9(14-10)13-8(4-2)11(15)16/h6-8H,3-5H2,1-2H3,(H,13,14)(H,15,16). The molecule has 1 rings (SSSR count). The van der Waals surface area contributed by atoms with Crippen molar-refractivity contribution >= 4 is 11.8 Å². The lowest BCUT2D eigenvalue weighted by molar-refractivity contribution is -0.137. The topological polar surface area (TPSA) is 84.3 Å². The van der Waals surface area contributed by atoms with Crippen molar-refractivity contribution in [2.75, 3.05) is 11.9 Å². The van der Waals surface area contributed by atoms with Gasteiger partial charge < -0.3 is 15.2 Å². The highest BCUT2D eigenvalue weighted by Gasteiger charge is 2.15. The molecule has 0 fully saturated rings. The van der Waals surface area contributed by atoms with E-state index in [0.717, 1.165) is 6.42 Å². The van der Waals surface area contributed by atoms with E-state index >= 15 is 0 Å². The van der Waals surface area contributed by atoms with Crippen molar-refractivity contribution < 1.29 is 14.6 Å². The lowest BCUT2D eigenvalue weighted by Gasteiger charge is -2.13. The molecular weight excluding hydrogens is 222 g/mol. The second-order valence-electron chi connectivity index (χ2n) is 3.53. The zero-order valence-electron chi connectivity index (χ0n) is 10.0. The molecule has 0 aliphatic carbocycles. The average molecular weight is 239 g/mol. The minimum absolute atomic E-state index is 0.400. The van der Waals surface area contributed by atoms with Crippen LogP contribution in [0.25, 0.3) is 0 Å². The van der Waals surface area contributed by atoms with Gasteiger partial charge in [-0.15, -0.1) is 0 Å². The Kier molecular flexibility index (Phi) is 5.19. The maximum atomic E-state index is 10.8. The first-order valence-electron chi connectivity index (χ1n) is 5.61. The molecule has 1 aromatic rings. The first-order valence-corrected chi connectivity index (χ1v) is 5.61. The molecule has 0 amide bonds. The molecule has 1 unspecified atom stereocenters. The van der Waals surface area contributed by atoms with Crippen LogP contribution in [0.15, 0.2) is 12.4 Å². The number of rotatable bonds is 7. The van der Waals surface area contributed by atoms with E-state index in [1.165, 1.54) is 12.4 Å². The van der Waals surface area contributed by atoms with Gasteiger partial charge in [0.15, 0.2) is 0 Å². The highest BCUT2D eigenvalue weighted by Crippen LogP contribution is 2.11. The van der Waals surface area contributed by atoms with Crippen LogP contribution < -0.4 is 10.1 Å². The van der Waals surface area contributed by atoms with Gasteiger partial charge >= 0.3 is 5.97 Å². The van der Waals surface area contributed by atoms with Crippen LogP contribution in [-0.2, 0) is 4.79 Å². The molecule has 6 nitrogen and oxygen atoms in total. The van der Waals surface area contributed by atoms with Crippen LogP contribution in [0.5, 0.6) is 5.88 Å². The third-order valence-corrected chi connectivity index (χ3v) is 2.09. The van der Waals surface area contributed by atoms with Crippen LogP contribution in [0, 0.1) is 0 Å². The monoisotopic (exact) mass is 239 g/mol. The summed E-state index contributed by atoms with van der Waals surface area (Å²) >= 11 is 0. The Labute approximate surface area is 100 Å². The second-order valence-corrected chi connectivity index (χ2v) is 3.53. The van der Waals surface area contributed by atoms with Crippen LogP contribution in [0.2, 0.25) is 0 Å². The molecule has 0 saturated heterocycles. The van der Waals surface area contributed by atoms with Crippen molar-refractivity contribution in [2.45, 2.75) is 32.7 Å². The highest BCUT2D eigenvalue weighted by atomic mass is 16.5. The number of anilines is 1. The van der Waals surface area contributed by atoms with Crippen LogP contribution >= 0.6 is 0 Å². The molecule has 0 aliphatic heterocycles. The Hall–Kier alpha value is -1.85. The van der Waals surface area contributed by atoms with E-state index in [1.807, 2.05) is 6.92 Å². The van der Waals surface area contributed by atoms with Gasteiger partial charge in [0, 0.05) is 0 Å². The van der Waals surface area contributed by atoms with Crippen LogP contribution in [0.4, 0.5) is 5.82 Å². The lowest BCUT2D eigenvalue weighted by atomic mass is 10.2. The molecule has 0 bridgehead atoms. The Morgan fingerprint density at radius 3 is 2.88 bits per heavy atom. The number of ether oxygens (including phenoxy) is 1. The molecule has 0 spiro atoms. The zero-order chi connectivity index (χ0) is 12.7. The molecule has 0 radical (unpaired) electrons. The summed E-state index contributed by atoms with van der Waals surface area (Å²) in [6.07, 6.45) is 4.33. The largest absolute Gasteiger partial charge is 0.480 e. The summed E-state index contributed by atoms with van der Waals surface area (Å²) in [5, 5.41) is 11.7. The molecule has 94 valence electrons. The Morgan fingerprint density at radius 2 is 2.29 bits per heavy atom. The fourth-order valence-corrected chi connectivity index (χ4v) is 1.21. The van der Waals surface area contributed by atoms with Crippen molar-refractivity contribution in [3.8, 4) is 5.88 Å². The summed E-state index contributed by atoms with van der Waals surface area (Å²) in [6.45, 7) is 4.35. The third-order valence-electron chi connectivity index (χ3n) is 2.09. The minimum Gasteiger partial charge on any atom is -0.480 e. The number of hydrogen-bond acceptors (Lipinski definition) is 5. The fraction of sp³-hybridized carbons (Fsp3) is 0.545. The quantitative estimate of drug-likeness (QED) is 0.750. The molecule has 0 saturated carbocycles. The zero-order valence-corrected chi connectivity index (χ0v) is 10.0. The van der Waals surface area contributed by atoms with Gasteiger partial charge in [-0.3, -0.25) is 4.98 Å². The summed E-state index contributed by atoms with van der Waals surface area (Å²) in [6, 6.07) is -0.661. The van der Waals surface area contributed by atoms with Crippen molar-refractivity contribution in [1.29, 1.82) is 0 Å². The van der Waals surface area contributed by atoms with E-state index in [1.54, 1.807) is 6.92 Å².